The number of rotatable bonds is 4. The van der Waals surface area contributed by atoms with Crippen molar-refractivity contribution in [3.63, 3.8) is 0 Å². The number of hydrogen-bond donors (Lipinski definition) is 0. The average Bonchev–Trinajstić information content (AvgIpc) is 2.91. The molecule has 1 heterocycles. The normalized spacial score (nSPS) is 10.7. The summed E-state index contributed by atoms with van der Waals surface area (Å²) in [4.78, 5) is 1.26. The molecule has 0 unspecified atom stereocenters. The number of fused-ring (bicyclic) bond motifs is 1. The second kappa shape index (κ2) is 5.55. The predicted octanol–water partition coefficient (Wildman–Crippen LogP) is 4.98. The van der Waals surface area contributed by atoms with E-state index in [1.165, 1.54) is 20.5 Å². The van der Waals surface area contributed by atoms with Crippen molar-refractivity contribution in [3.8, 4) is 21.9 Å². The minimum Gasteiger partial charge on any atom is -0.497 e. The molecule has 20 heavy (non-hydrogen) atoms. The maximum atomic E-state index is 5.47. The zero-order valence-electron chi connectivity index (χ0n) is 11.6. The lowest BCUT2D eigenvalue weighted by molar-refractivity contribution is 0.340. The number of methoxy groups -OCH3 is 1. The lowest BCUT2D eigenvalue weighted by atomic mass is 10.1. The quantitative estimate of drug-likeness (QED) is 0.673. The maximum Gasteiger partial charge on any atom is 0.120 e. The summed E-state index contributed by atoms with van der Waals surface area (Å²) >= 11 is 1.78. The molecule has 0 amide bonds. The Bertz CT molecular complexity index is 713. The van der Waals surface area contributed by atoms with Gasteiger partial charge in [0.05, 0.1) is 13.7 Å². The van der Waals surface area contributed by atoms with Gasteiger partial charge in [0.25, 0.3) is 0 Å². The van der Waals surface area contributed by atoms with Crippen LogP contribution in [-0.4, -0.2) is 13.7 Å². The Labute approximate surface area is 122 Å². The number of thiophene rings is 1. The average molecular weight is 284 g/mol. The summed E-state index contributed by atoms with van der Waals surface area (Å²) in [6.45, 7) is 2.69. The molecule has 0 atom stereocenters. The van der Waals surface area contributed by atoms with Gasteiger partial charge in [-0.3, -0.25) is 0 Å². The van der Waals surface area contributed by atoms with Crippen molar-refractivity contribution < 1.29 is 9.47 Å². The molecule has 3 aromatic rings. The Balaban J connectivity index is 1.96. The van der Waals surface area contributed by atoms with Crippen molar-refractivity contribution in [2.45, 2.75) is 6.92 Å². The van der Waals surface area contributed by atoms with E-state index in [1.54, 1.807) is 18.4 Å². The molecule has 0 fully saturated rings. The summed E-state index contributed by atoms with van der Waals surface area (Å²) < 4.78 is 12.0. The van der Waals surface area contributed by atoms with E-state index in [0.717, 1.165) is 11.5 Å². The summed E-state index contributed by atoms with van der Waals surface area (Å²) in [6, 6.07) is 16.6. The fourth-order valence-electron chi connectivity index (χ4n) is 2.16. The second-order valence-electron chi connectivity index (χ2n) is 4.47. The summed E-state index contributed by atoms with van der Waals surface area (Å²) in [6.07, 6.45) is 0. The molecular formula is C17H16O2S. The van der Waals surface area contributed by atoms with Gasteiger partial charge < -0.3 is 9.47 Å². The van der Waals surface area contributed by atoms with Gasteiger partial charge in [0.15, 0.2) is 0 Å². The summed E-state index contributed by atoms with van der Waals surface area (Å²) in [5.74, 6) is 1.82. The SMILES string of the molecule is CCOc1ccc(-c2cc3ccc(OC)cc3s2)cc1. The van der Waals surface area contributed by atoms with Gasteiger partial charge in [-0.15, -0.1) is 11.3 Å². The molecule has 0 radical (unpaired) electrons. The van der Waals surface area contributed by atoms with Gasteiger partial charge in [-0.1, -0.05) is 0 Å². The molecule has 0 saturated heterocycles. The maximum absolute atomic E-state index is 5.47. The second-order valence-corrected chi connectivity index (χ2v) is 5.56. The molecule has 0 bridgehead atoms. The highest BCUT2D eigenvalue weighted by molar-refractivity contribution is 7.22. The highest BCUT2D eigenvalue weighted by atomic mass is 32.1. The van der Waals surface area contributed by atoms with Gasteiger partial charge in [0, 0.05) is 9.58 Å². The first-order valence-electron chi connectivity index (χ1n) is 6.61. The lowest BCUT2D eigenvalue weighted by Crippen LogP contribution is -1.90. The van der Waals surface area contributed by atoms with E-state index in [4.69, 9.17) is 9.47 Å². The first kappa shape index (κ1) is 13.0. The molecule has 3 heteroatoms. The standard InChI is InChI=1S/C17H16O2S/c1-3-19-14-7-4-12(5-8-14)16-10-13-6-9-15(18-2)11-17(13)20-16/h4-11H,3H2,1-2H3. The molecule has 0 saturated carbocycles. The van der Waals surface area contributed by atoms with Crippen molar-refractivity contribution in [2.75, 3.05) is 13.7 Å². The van der Waals surface area contributed by atoms with E-state index in [-0.39, 0.29) is 0 Å². The minimum atomic E-state index is 0.696. The Kier molecular flexibility index (Phi) is 3.61. The van der Waals surface area contributed by atoms with Crippen LogP contribution in [0.1, 0.15) is 6.92 Å². The van der Waals surface area contributed by atoms with Crippen LogP contribution in [0.3, 0.4) is 0 Å². The molecule has 1 aromatic heterocycles. The van der Waals surface area contributed by atoms with Crippen LogP contribution >= 0.6 is 11.3 Å². The van der Waals surface area contributed by atoms with Gasteiger partial charge in [-0.25, -0.2) is 0 Å². The summed E-state index contributed by atoms with van der Waals surface area (Å²) in [5, 5.41) is 1.25. The zero-order chi connectivity index (χ0) is 13.9. The van der Waals surface area contributed by atoms with E-state index in [1.807, 2.05) is 25.1 Å². The third kappa shape index (κ3) is 2.49. The molecule has 0 aliphatic heterocycles. The van der Waals surface area contributed by atoms with Crippen molar-refractivity contribution in [3.05, 3.63) is 48.5 Å². The predicted molar refractivity (Wildman–Crippen MR) is 85.0 cm³/mol. The molecule has 0 aliphatic carbocycles. The number of ether oxygens (including phenoxy) is 2. The minimum absolute atomic E-state index is 0.696. The van der Waals surface area contributed by atoms with Crippen LogP contribution in [0.2, 0.25) is 0 Å². The monoisotopic (exact) mass is 284 g/mol. The number of hydrogen-bond acceptors (Lipinski definition) is 3. The molecule has 0 aliphatic rings. The topological polar surface area (TPSA) is 18.5 Å². The molecule has 2 aromatic carbocycles. The Morgan fingerprint density at radius 3 is 2.40 bits per heavy atom. The molecule has 102 valence electrons. The smallest absolute Gasteiger partial charge is 0.120 e. The van der Waals surface area contributed by atoms with Crippen molar-refractivity contribution in [2.24, 2.45) is 0 Å². The molecule has 2 nitrogen and oxygen atoms in total. The van der Waals surface area contributed by atoms with E-state index >= 15 is 0 Å². The third-order valence-corrected chi connectivity index (χ3v) is 4.32. The van der Waals surface area contributed by atoms with Gasteiger partial charge in [0.1, 0.15) is 11.5 Å². The fraction of sp³-hybridized carbons (Fsp3) is 0.176. The van der Waals surface area contributed by atoms with E-state index < -0.39 is 0 Å². The van der Waals surface area contributed by atoms with Gasteiger partial charge in [0.2, 0.25) is 0 Å². The van der Waals surface area contributed by atoms with Crippen LogP contribution in [-0.2, 0) is 0 Å². The molecule has 3 rings (SSSR count). The Morgan fingerprint density at radius 2 is 1.70 bits per heavy atom. The van der Waals surface area contributed by atoms with Gasteiger partial charge in [-0.05, 0) is 66.4 Å². The van der Waals surface area contributed by atoms with Crippen LogP contribution in [0.15, 0.2) is 48.5 Å². The fourth-order valence-corrected chi connectivity index (χ4v) is 3.26. The molecular weight excluding hydrogens is 268 g/mol. The Hall–Kier alpha value is -2.00. The van der Waals surface area contributed by atoms with Crippen LogP contribution in [0.5, 0.6) is 11.5 Å². The van der Waals surface area contributed by atoms with Crippen LogP contribution in [0, 0.1) is 0 Å². The first-order chi connectivity index (χ1) is 9.80. The van der Waals surface area contributed by atoms with E-state index in [0.29, 0.717) is 6.61 Å². The van der Waals surface area contributed by atoms with E-state index in [9.17, 15) is 0 Å². The molecule has 0 spiro atoms. The van der Waals surface area contributed by atoms with Gasteiger partial charge in [-0.2, -0.15) is 0 Å². The van der Waals surface area contributed by atoms with Crippen LogP contribution < -0.4 is 9.47 Å². The zero-order valence-corrected chi connectivity index (χ0v) is 12.4. The van der Waals surface area contributed by atoms with Crippen molar-refractivity contribution in [1.82, 2.24) is 0 Å². The largest absolute Gasteiger partial charge is 0.497 e. The van der Waals surface area contributed by atoms with E-state index in [2.05, 4.69) is 30.3 Å². The van der Waals surface area contributed by atoms with Crippen molar-refractivity contribution >= 4 is 21.4 Å². The summed E-state index contributed by atoms with van der Waals surface area (Å²) in [7, 11) is 1.70. The molecule has 0 N–H and O–H groups in total. The Morgan fingerprint density at radius 1 is 0.950 bits per heavy atom. The van der Waals surface area contributed by atoms with Crippen LogP contribution in [0.25, 0.3) is 20.5 Å². The van der Waals surface area contributed by atoms with Crippen LogP contribution in [0.4, 0.5) is 0 Å². The third-order valence-electron chi connectivity index (χ3n) is 3.18. The first-order valence-corrected chi connectivity index (χ1v) is 7.42. The van der Waals surface area contributed by atoms with Gasteiger partial charge >= 0.3 is 0 Å². The summed E-state index contributed by atoms with van der Waals surface area (Å²) in [5.41, 5.74) is 1.22. The lowest BCUT2D eigenvalue weighted by Gasteiger charge is -2.03. The van der Waals surface area contributed by atoms with Crippen molar-refractivity contribution in [1.29, 1.82) is 0 Å². The highest BCUT2D eigenvalue weighted by Gasteiger charge is 2.05. The number of benzene rings is 2. The highest BCUT2D eigenvalue weighted by Crippen LogP contribution is 2.35.